The maximum Gasteiger partial charge on any atom is 0.164 e. The standard InChI is InChI=1S/C14H12Cl2FNO/c15-10-6-4-9(5-7-10)13(19)8-18-12-3-1-2-11(16)14(12)17/h1-7,13,18-19H,8H2. The Bertz CT molecular complexity index is 560. The zero-order chi connectivity index (χ0) is 13.8. The minimum Gasteiger partial charge on any atom is -0.387 e. The summed E-state index contributed by atoms with van der Waals surface area (Å²) in [6.07, 6.45) is -0.754. The molecule has 0 spiro atoms. The van der Waals surface area contributed by atoms with Gasteiger partial charge in [0.1, 0.15) is 0 Å². The van der Waals surface area contributed by atoms with Gasteiger partial charge >= 0.3 is 0 Å². The Morgan fingerprint density at radius 2 is 1.79 bits per heavy atom. The molecule has 1 unspecified atom stereocenters. The van der Waals surface area contributed by atoms with E-state index >= 15 is 0 Å². The summed E-state index contributed by atoms with van der Waals surface area (Å²) in [6, 6.07) is 11.5. The van der Waals surface area contributed by atoms with Gasteiger partial charge in [0.05, 0.1) is 16.8 Å². The highest BCUT2D eigenvalue weighted by molar-refractivity contribution is 6.31. The van der Waals surface area contributed by atoms with Gasteiger partial charge in [-0.15, -0.1) is 0 Å². The minimum atomic E-state index is -0.754. The number of aliphatic hydroxyl groups is 1. The first-order valence-corrected chi connectivity index (χ1v) is 6.45. The van der Waals surface area contributed by atoms with E-state index in [1.807, 2.05) is 0 Å². The van der Waals surface area contributed by atoms with Gasteiger partial charge in [0.15, 0.2) is 5.82 Å². The van der Waals surface area contributed by atoms with E-state index in [9.17, 15) is 9.50 Å². The van der Waals surface area contributed by atoms with Gasteiger partial charge in [-0.3, -0.25) is 0 Å². The van der Waals surface area contributed by atoms with E-state index < -0.39 is 11.9 Å². The van der Waals surface area contributed by atoms with Crippen molar-refractivity contribution in [2.24, 2.45) is 0 Å². The van der Waals surface area contributed by atoms with Crippen LogP contribution in [0.3, 0.4) is 0 Å². The van der Waals surface area contributed by atoms with Crippen molar-refractivity contribution in [1.82, 2.24) is 0 Å². The number of aliphatic hydroxyl groups excluding tert-OH is 1. The largest absolute Gasteiger partial charge is 0.387 e. The minimum absolute atomic E-state index is 0.0472. The van der Waals surface area contributed by atoms with Gasteiger partial charge in [-0.2, -0.15) is 0 Å². The van der Waals surface area contributed by atoms with Gasteiger partial charge in [-0.1, -0.05) is 41.4 Å². The summed E-state index contributed by atoms with van der Waals surface area (Å²) in [5.41, 5.74) is 0.972. The molecule has 0 aliphatic heterocycles. The molecule has 0 radical (unpaired) electrons. The van der Waals surface area contributed by atoms with Crippen molar-refractivity contribution in [3.63, 3.8) is 0 Å². The molecule has 0 bridgehead atoms. The van der Waals surface area contributed by atoms with Crippen molar-refractivity contribution in [1.29, 1.82) is 0 Å². The summed E-state index contributed by atoms with van der Waals surface area (Å²) in [7, 11) is 0. The molecule has 0 saturated carbocycles. The van der Waals surface area contributed by atoms with Crippen molar-refractivity contribution >= 4 is 28.9 Å². The monoisotopic (exact) mass is 299 g/mol. The van der Waals surface area contributed by atoms with Crippen LogP contribution in [0.2, 0.25) is 10.0 Å². The van der Waals surface area contributed by atoms with E-state index in [0.29, 0.717) is 10.6 Å². The van der Waals surface area contributed by atoms with Crippen LogP contribution in [0.4, 0.5) is 10.1 Å². The van der Waals surface area contributed by atoms with Crippen LogP contribution >= 0.6 is 23.2 Å². The molecule has 0 aliphatic carbocycles. The third kappa shape index (κ3) is 3.60. The fourth-order valence-electron chi connectivity index (χ4n) is 1.65. The molecule has 2 rings (SSSR count). The molecule has 5 heteroatoms. The van der Waals surface area contributed by atoms with Crippen molar-refractivity contribution < 1.29 is 9.50 Å². The van der Waals surface area contributed by atoms with E-state index in [-0.39, 0.29) is 17.3 Å². The number of hydrogen-bond donors (Lipinski definition) is 2. The number of halogens is 3. The smallest absolute Gasteiger partial charge is 0.164 e. The van der Waals surface area contributed by atoms with E-state index in [2.05, 4.69) is 5.32 Å². The zero-order valence-corrected chi connectivity index (χ0v) is 11.4. The van der Waals surface area contributed by atoms with Gasteiger partial charge in [0, 0.05) is 11.6 Å². The Balaban J connectivity index is 2.02. The van der Waals surface area contributed by atoms with Gasteiger partial charge in [-0.05, 0) is 29.8 Å². The SMILES string of the molecule is OC(CNc1cccc(Cl)c1F)c1ccc(Cl)cc1. The molecule has 2 nitrogen and oxygen atoms in total. The van der Waals surface area contributed by atoms with Gasteiger partial charge in [-0.25, -0.2) is 4.39 Å². The van der Waals surface area contributed by atoms with Crippen molar-refractivity contribution in [3.8, 4) is 0 Å². The molecule has 1 atom stereocenters. The average molecular weight is 300 g/mol. The van der Waals surface area contributed by atoms with Crippen LogP contribution in [0.1, 0.15) is 11.7 Å². The highest BCUT2D eigenvalue weighted by Gasteiger charge is 2.10. The molecule has 2 aromatic carbocycles. The van der Waals surface area contributed by atoms with Gasteiger partial charge in [0.2, 0.25) is 0 Å². The first-order valence-electron chi connectivity index (χ1n) is 5.69. The lowest BCUT2D eigenvalue weighted by molar-refractivity contribution is 0.191. The molecular formula is C14H12Cl2FNO. The Kier molecular flexibility index (Phi) is 4.64. The van der Waals surface area contributed by atoms with Crippen molar-refractivity contribution in [2.45, 2.75) is 6.10 Å². The Labute approximate surface area is 120 Å². The van der Waals surface area contributed by atoms with Crippen LogP contribution in [0.15, 0.2) is 42.5 Å². The Morgan fingerprint density at radius 3 is 2.47 bits per heavy atom. The fourth-order valence-corrected chi connectivity index (χ4v) is 1.95. The summed E-state index contributed by atoms with van der Waals surface area (Å²) < 4.78 is 13.6. The van der Waals surface area contributed by atoms with Crippen LogP contribution in [-0.2, 0) is 0 Å². The molecule has 2 aromatic rings. The van der Waals surface area contributed by atoms with Gasteiger partial charge in [0.25, 0.3) is 0 Å². The normalized spacial score (nSPS) is 12.2. The van der Waals surface area contributed by atoms with E-state index in [0.717, 1.165) is 0 Å². The van der Waals surface area contributed by atoms with Crippen LogP contribution in [0.5, 0.6) is 0 Å². The topological polar surface area (TPSA) is 32.3 Å². The van der Waals surface area contributed by atoms with Crippen LogP contribution in [0, 0.1) is 5.82 Å². The summed E-state index contributed by atoms with van der Waals surface area (Å²) in [4.78, 5) is 0. The van der Waals surface area contributed by atoms with Crippen LogP contribution in [0.25, 0.3) is 0 Å². The van der Waals surface area contributed by atoms with Gasteiger partial charge < -0.3 is 10.4 Å². The highest BCUT2D eigenvalue weighted by Crippen LogP contribution is 2.23. The lowest BCUT2D eigenvalue weighted by atomic mass is 10.1. The molecule has 0 fully saturated rings. The molecule has 2 N–H and O–H groups in total. The Morgan fingerprint density at radius 1 is 1.11 bits per heavy atom. The second-order valence-corrected chi connectivity index (χ2v) is 4.89. The average Bonchev–Trinajstić information content (AvgIpc) is 2.41. The molecule has 0 heterocycles. The third-order valence-corrected chi connectivity index (χ3v) is 3.24. The first-order chi connectivity index (χ1) is 9.08. The Hall–Kier alpha value is -1.29. The molecule has 0 amide bonds. The van der Waals surface area contributed by atoms with Crippen LogP contribution in [-0.4, -0.2) is 11.7 Å². The fraction of sp³-hybridized carbons (Fsp3) is 0.143. The molecule has 0 aromatic heterocycles. The predicted molar refractivity (Wildman–Crippen MR) is 76.3 cm³/mol. The maximum absolute atomic E-state index is 13.6. The quantitative estimate of drug-likeness (QED) is 0.883. The number of anilines is 1. The van der Waals surface area contributed by atoms with E-state index in [1.54, 1.807) is 36.4 Å². The van der Waals surface area contributed by atoms with Crippen molar-refractivity contribution in [3.05, 3.63) is 63.9 Å². The third-order valence-electron chi connectivity index (χ3n) is 2.69. The summed E-state index contributed by atoms with van der Waals surface area (Å²) in [6.45, 7) is 0.179. The summed E-state index contributed by atoms with van der Waals surface area (Å²) in [5.74, 6) is -0.521. The molecule has 19 heavy (non-hydrogen) atoms. The number of hydrogen-bond acceptors (Lipinski definition) is 2. The maximum atomic E-state index is 13.6. The summed E-state index contributed by atoms with van der Waals surface area (Å²) in [5, 5.41) is 13.4. The predicted octanol–water partition coefficient (Wildman–Crippen LogP) is 4.28. The number of benzene rings is 2. The lowest BCUT2D eigenvalue weighted by Gasteiger charge is -2.14. The van der Waals surface area contributed by atoms with Crippen LogP contribution < -0.4 is 5.32 Å². The van der Waals surface area contributed by atoms with Crippen molar-refractivity contribution in [2.75, 3.05) is 11.9 Å². The molecular weight excluding hydrogens is 288 g/mol. The zero-order valence-electron chi connectivity index (χ0n) is 9.91. The molecule has 100 valence electrons. The number of nitrogens with one attached hydrogen (secondary N) is 1. The first kappa shape index (κ1) is 14.1. The molecule has 0 aliphatic rings. The number of rotatable bonds is 4. The van der Waals surface area contributed by atoms with E-state index in [4.69, 9.17) is 23.2 Å². The lowest BCUT2D eigenvalue weighted by Crippen LogP contribution is -2.13. The highest BCUT2D eigenvalue weighted by atomic mass is 35.5. The summed E-state index contributed by atoms with van der Waals surface area (Å²) >= 11 is 11.4. The second-order valence-electron chi connectivity index (χ2n) is 4.05. The molecule has 0 saturated heterocycles. The second kappa shape index (κ2) is 6.24. The van der Waals surface area contributed by atoms with E-state index in [1.165, 1.54) is 6.07 Å².